The maximum absolute atomic E-state index is 12.3. The SMILES string of the molecule is CCC1(C(=O)N(C)c2ccccc2)COC1. The Kier molecular flexibility index (Phi) is 2.97. The molecule has 0 N–H and O–H groups in total. The van der Waals surface area contributed by atoms with Gasteiger partial charge in [0.25, 0.3) is 0 Å². The van der Waals surface area contributed by atoms with Gasteiger partial charge in [-0.2, -0.15) is 0 Å². The molecular formula is C13H17NO2. The number of hydrogen-bond acceptors (Lipinski definition) is 2. The maximum atomic E-state index is 12.3. The van der Waals surface area contributed by atoms with Crippen LogP contribution >= 0.6 is 0 Å². The zero-order valence-electron chi connectivity index (χ0n) is 9.77. The van der Waals surface area contributed by atoms with Crippen LogP contribution < -0.4 is 4.90 Å². The number of nitrogens with zero attached hydrogens (tertiary/aromatic N) is 1. The van der Waals surface area contributed by atoms with Gasteiger partial charge in [0.15, 0.2) is 0 Å². The summed E-state index contributed by atoms with van der Waals surface area (Å²) in [7, 11) is 1.83. The van der Waals surface area contributed by atoms with Crippen molar-refractivity contribution in [2.75, 3.05) is 25.2 Å². The predicted molar refractivity (Wildman–Crippen MR) is 63.4 cm³/mol. The van der Waals surface area contributed by atoms with Crippen LogP contribution in [-0.4, -0.2) is 26.2 Å². The number of rotatable bonds is 3. The zero-order valence-corrected chi connectivity index (χ0v) is 9.77. The molecule has 1 aliphatic heterocycles. The minimum absolute atomic E-state index is 0.160. The van der Waals surface area contributed by atoms with Crippen molar-refractivity contribution in [1.29, 1.82) is 0 Å². The molecule has 0 spiro atoms. The molecule has 0 aliphatic carbocycles. The third kappa shape index (κ3) is 1.71. The van der Waals surface area contributed by atoms with Gasteiger partial charge in [-0.1, -0.05) is 25.1 Å². The van der Waals surface area contributed by atoms with E-state index in [9.17, 15) is 4.79 Å². The monoisotopic (exact) mass is 219 g/mol. The van der Waals surface area contributed by atoms with E-state index >= 15 is 0 Å². The lowest BCUT2D eigenvalue weighted by Crippen LogP contribution is -2.54. The molecule has 1 fully saturated rings. The van der Waals surface area contributed by atoms with Crippen LogP contribution in [-0.2, 0) is 9.53 Å². The highest BCUT2D eigenvalue weighted by Gasteiger charge is 2.45. The number of amides is 1. The van der Waals surface area contributed by atoms with Crippen LogP contribution in [0.1, 0.15) is 13.3 Å². The van der Waals surface area contributed by atoms with Crippen molar-refractivity contribution in [1.82, 2.24) is 0 Å². The van der Waals surface area contributed by atoms with E-state index in [1.165, 1.54) is 0 Å². The number of ether oxygens (including phenoxy) is 1. The second-order valence-electron chi connectivity index (χ2n) is 4.33. The molecule has 0 atom stereocenters. The first kappa shape index (κ1) is 11.1. The quantitative estimate of drug-likeness (QED) is 0.779. The molecular weight excluding hydrogens is 202 g/mol. The summed E-state index contributed by atoms with van der Waals surface area (Å²) in [5.74, 6) is 0.160. The van der Waals surface area contributed by atoms with Gasteiger partial charge in [-0.15, -0.1) is 0 Å². The van der Waals surface area contributed by atoms with Crippen molar-refractivity contribution in [2.45, 2.75) is 13.3 Å². The summed E-state index contributed by atoms with van der Waals surface area (Å²) in [6.45, 7) is 3.15. The summed E-state index contributed by atoms with van der Waals surface area (Å²) in [6.07, 6.45) is 0.836. The van der Waals surface area contributed by atoms with Crippen LogP contribution in [0.4, 0.5) is 5.69 Å². The molecule has 1 aromatic carbocycles. The van der Waals surface area contributed by atoms with Gasteiger partial charge in [0.1, 0.15) is 0 Å². The summed E-state index contributed by atoms with van der Waals surface area (Å²) in [6, 6.07) is 9.72. The Morgan fingerprint density at radius 1 is 1.38 bits per heavy atom. The number of carbonyl (C=O) groups is 1. The molecule has 0 unspecified atom stereocenters. The number of hydrogen-bond donors (Lipinski definition) is 0. The van der Waals surface area contributed by atoms with E-state index in [0.29, 0.717) is 13.2 Å². The number of anilines is 1. The van der Waals surface area contributed by atoms with Crippen LogP contribution in [0, 0.1) is 5.41 Å². The minimum atomic E-state index is -0.287. The van der Waals surface area contributed by atoms with Gasteiger partial charge < -0.3 is 9.64 Å². The van der Waals surface area contributed by atoms with Crippen molar-refractivity contribution in [2.24, 2.45) is 5.41 Å². The Morgan fingerprint density at radius 3 is 2.44 bits per heavy atom. The smallest absolute Gasteiger partial charge is 0.237 e. The lowest BCUT2D eigenvalue weighted by molar-refractivity contribution is -0.159. The third-order valence-electron chi connectivity index (χ3n) is 3.34. The molecule has 0 saturated carbocycles. The Morgan fingerprint density at radius 2 is 2.00 bits per heavy atom. The molecule has 3 nitrogen and oxygen atoms in total. The molecule has 1 aliphatic rings. The lowest BCUT2D eigenvalue weighted by atomic mass is 9.81. The van der Waals surface area contributed by atoms with Crippen molar-refractivity contribution < 1.29 is 9.53 Å². The van der Waals surface area contributed by atoms with E-state index in [-0.39, 0.29) is 11.3 Å². The summed E-state index contributed by atoms with van der Waals surface area (Å²) < 4.78 is 5.19. The Bertz CT molecular complexity index is 365. The maximum Gasteiger partial charge on any atom is 0.237 e. The highest BCUT2D eigenvalue weighted by atomic mass is 16.5. The minimum Gasteiger partial charge on any atom is -0.379 e. The first-order chi connectivity index (χ1) is 7.69. The fourth-order valence-corrected chi connectivity index (χ4v) is 1.95. The lowest BCUT2D eigenvalue weighted by Gasteiger charge is -2.41. The van der Waals surface area contributed by atoms with Gasteiger partial charge in [-0.3, -0.25) is 4.79 Å². The predicted octanol–water partition coefficient (Wildman–Crippen LogP) is 2.08. The van der Waals surface area contributed by atoms with Gasteiger partial charge >= 0.3 is 0 Å². The molecule has 0 bridgehead atoms. The largest absolute Gasteiger partial charge is 0.379 e. The molecule has 1 heterocycles. The second-order valence-corrected chi connectivity index (χ2v) is 4.33. The van der Waals surface area contributed by atoms with Gasteiger partial charge in [0, 0.05) is 12.7 Å². The molecule has 0 aromatic heterocycles. The van der Waals surface area contributed by atoms with Crippen molar-refractivity contribution in [3.05, 3.63) is 30.3 Å². The topological polar surface area (TPSA) is 29.5 Å². The van der Waals surface area contributed by atoms with Crippen molar-refractivity contribution >= 4 is 11.6 Å². The Labute approximate surface area is 96.0 Å². The normalized spacial score (nSPS) is 17.6. The van der Waals surface area contributed by atoms with E-state index in [1.54, 1.807) is 4.90 Å². The molecule has 3 heteroatoms. The molecule has 16 heavy (non-hydrogen) atoms. The second kappa shape index (κ2) is 4.26. The number of benzene rings is 1. The molecule has 1 aromatic rings. The molecule has 1 saturated heterocycles. The van der Waals surface area contributed by atoms with E-state index in [4.69, 9.17) is 4.74 Å². The van der Waals surface area contributed by atoms with E-state index in [2.05, 4.69) is 0 Å². The first-order valence-corrected chi connectivity index (χ1v) is 5.60. The fourth-order valence-electron chi connectivity index (χ4n) is 1.95. The summed E-state index contributed by atoms with van der Waals surface area (Å²) in [5.41, 5.74) is 0.650. The number of para-hydroxylation sites is 1. The van der Waals surface area contributed by atoms with Crippen LogP contribution in [0.5, 0.6) is 0 Å². The Hall–Kier alpha value is -1.35. The fraction of sp³-hybridized carbons (Fsp3) is 0.462. The van der Waals surface area contributed by atoms with Crippen LogP contribution in [0.15, 0.2) is 30.3 Å². The summed E-state index contributed by atoms with van der Waals surface area (Å²) in [5, 5.41) is 0. The third-order valence-corrected chi connectivity index (χ3v) is 3.34. The molecule has 2 rings (SSSR count). The molecule has 1 amide bonds. The first-order valence-electron chi connectivity index (χ1n) is 5.60. The molecule has 0 radical (unpaired) electrons. The van der Waals surface area contributed by atoms with Gasteiger partial charge in [-0.25, -0.2) is 0 Å². The highest BCUT2D eigenvalue weighted by Crippen LogP contribution is 2.34. The van der Waals surface area contributed by atoms with Crippen LogP contribution in [0.3, 0.4) is 0 Å². The number of carbonyl (C=O) groups excluding carboxylic acids is 1. The van der Waals surface area contributed by atoms with Crippen LogP contribution in [0.25, 0.3) is 0 Å². The van der Waals surface area contributed by atoms with E-state index < -0.39 is 0 Å². The highest BCUT2D eigenvalue weighted by molar-refractivity contribution is 5.97. The average Bonchev–Trinajstić information content (AvgIpc) is 2.28. The van der Waals surface area contributed by atoms with E-state index in [0.717, 1.165) is 12.1 Å². The molecule has 86 valence electrons. The van der Waals surface area contributed by atoms with Crippen LogP contribution in [0.2, 0.25) is 0 Å². The standard InChI is InChI=1S/C13H17NO2/c1-3-13(9-16-10-13)12(15)14(2)11-7-5-4-6-8-11/h4-8H,3,9-10H2,1-2H3. The summed E-state index contributed by atoms with van der Waals surface area (Å²) >= 11 is 0. The van der Waals surface area contributed by atoms with Gasteiger partial charge in [0.2, 0.25) is 5.91 Å². The average molecular weight is 219 g/mol. The zero-order chi connectivity index (χ0) is 11.6. The van der Waals surface area contributed by atoms with E-state index in [1.807, 2.05) is 44.3 Å². The summed E-state index contributed by atoms with van der Waals surface area (Å²) in [4.78, 5) is 14.1. The van der Waals surface area contributed by atoms with Gasteiger partial charge in [-0.05, 0) is 18.6 Å². The Balaban J connectivity index is 2.16. The van der Waals surface area contributed by atoms with Crippen molar-refractivity contribution in [3.63, 3.8) is 0 Å². The van der Waals surface area contributed by atoms with Crippen molar-refractivity contribution in [3.8, 4) is 0 Å². The van der Waals surface area contributed by atoms with Gasteiger partial charge in [0.05, 0.1) is 18.6 Å².